The van der Waals surface area contributed by atoms with Crippen LogP contribution in [-0.2, 0) is 0 Å². The molecule has 3 rings (SSSR count). The van der Waals surface area contributed by atoms with Crippen LogP contribution in [0.1, 0.15) is 25.7 Å². The van der Waals surface area contributed by atoms with Crippen molar-refractivity contribution in [1.82, 2.24) is 4.90 Å². The maximum Gasteiger partial charge on any atom is 0.269 e. The number of anilines is 1. The standard InChI is InChI=1S/C14H19N3O2/c1-16-13-6-7-14(16)9-11(8-13)15-10-2-4-12(5-3-10)17(18)19/h2-5,11,13-15H,6-9H2,1H3. The highest BCUT2D eigenvalue weighted by Gasteiger charge is 2.38. The van der Waals surface area contributed by atoms with Crippen LogP contribution < -0.4 is 5.32 Å². The molecule has 1 N–H and O–H groups in total. The van der Waals surface area contributed by atoms with Gasteiger partial charge in [0.2, 0.25) is 0 Å². The van der Waals surface area contributed by atoms with Crippen LogP contribution >= 0.6 is 0 Å². The number of piperidine rings is 1. The van der Waals surface area contributed by atoms with Gasteiger partial charge in [0.05, 0.1) is 4.92 Å². The number of benzene rings is 1. The first-order valence-electron chi connectivity index (χ1n) is 6.86. The van der Waals surface area contributed by atoms with Crippen molar-refractivity contribution in [3.05, 3.63) is 34.4 Å². The molecule has 2 atom stereocenters. The highest BCUT2D eigenvalue weighted by Crippen LogP contribution is 2.35. The number of nitro groups is 1. The Balaban J connectivity index is 1.64. The van der Waals surface area contributed by atoms with Gasteiger partial charge in [0.25, 0.3) is 5.69 Å². The summed E-state index contributed by atoms with van der Waals surface area (Å²) in [7, 11) is 2.23. The Bertz CT molecular complexity index is 460. The summed E-state index contributed by atoms with van der Waals surface area (Å²) in [6.07, 6.45) is 4.95. The van der Waals surface area contributed by atoms with Gasteiger partial charge in [0, 0.05) is 35.9 Å². The van der Waals surface area contributed by atoms with Gasteiger partial charge in [0.1, 0.15) is 0 Å². The monoisotopic (exact) mass is 261 g/mol. The lowest BCUT2D eigenvalue weighted by Crippen LogP contribution is -2.44. The van der Waals surface area contributed by atoms with E-state index in [0.717, 1.165) is 5.69 Å². The van der Waals surface area contributed by atoms with E-state index < -0.39 is 0 Å². The molecule has 2 saturated heterocycles. The summed E-state index contributed by atoms with van der Waals surface area (Å²) in [5.41, 5.74) is 1.13. The minimum atomic E-state index is -0.362. The van der Waals surface area contributed by atoms with Crippen LogP contribution in [0.15, 0.2) is 24.3 Å². The molecule has 1 aromatic rings. The Morgan fingerprint density at radius 2 is 1.79 bits per heavy atom. The van der Waals surface area contributed by atoms with Gasteiger partial charge < -0.3 is 10.2 Å². The molecule has 2 bridgehead atoms. The molecule has 102 valence electrons. The summed E-state index contributed by atoms with van der Waals surface area (Å²) in [6, 6.07) is 8.63. The quantitative estimate of drug-likeness (QED) is 0.671. The fourth-order valence-electron chi connectivity index (χ4n) is 3.44. The Labute approximate surface area is 112 Å². The maximum atomic E-state index is 10.6. The van der Waals surface area contributed by atoms with Crippen LogP contribution in [0.25, 0.3) is 0 Å². The summed E-state index contributed by atoms with van der Waals surface area (Å²) < 4.78 is 0. The average molecular weight is 261 g/mol. The summed E-state index contributed by atoms with van der Waals surface area (Å²) in [4.78, 5) is 12.8. The van der Waals surface area contributed by atoms with Crippen LogP contribution in [0.2, 0.25) is 0 Å². The van der Waals surface area contributed by atoms with E-state index >= 15 is 0 Å². The molecule has 1 aromatic carbocycles. The zero-order valence-electron chi connectivity index (χ0n) is 11.1. The highest BCUT2D eigenvalue weighted by molar-refractivity contribution is 5.49. The predicted octanol–water partition coefficient (Wildman–Crippen LogP) is 2.63. The first-order valence-corrected chi connectivity index (χ1v) is 6.86. The van der Waals surface area contributed by atoms with Crippen molar-refractivity contribution in [2.75, 3.05) is 12.4 Å². The smallest absolute Gasteiger partial charge is 0.269 e. The van der Waals surface area contributed by atoms with E-state index in [1.165, 1.54) is 25.7 Å². The third kappa shape index (κ3) is 2.42. The van der Waals surface area contributed by atoms with Crippen LogP contribution in [0, 0.1) is 10.1 Å². The normalized spacial score (nSPS) is 30.3. The fraction of sp³-hybridized carbons (Fsp3) is 0.571. The van der Waals surface area contributed by atoms with Crippen molar-refractivity contribution in [1.29, 1.82) is 0 Å². The minimum absolute atomic E-state index is 0.147. The molecule has 5 heteroatoms. The van der Waals surface area contributed by atoms with E-state index in [0.29, 0.717) is 18.1 Å². The third-order valence-electron chi connectivity index (χ3n) is 4.55. The second kappa shape index (κ2) is 4.81. The third-order valence-corrected chi connectivity index (χ3v) is 4.55. The van der Waals surface area contributed by atoms with Crippen LogP contribution in [0.3, 0.4) is 0 Å². The van der Waals surface area contributed by atoms with E-state index in [-0.39, 0.29) is 10.6 Å². The molecule has 2 unspecified atom stereocenters. The number of nitrogens with one attached hydrogen (secondary N) is 1. The molecule has 2 fully saturated rings. The first-order chi connectivity index (χ1) is 9.13. The van der Waals surface area contributed by atoms with E-state index in [2.05, 4.69) is 17.3 Å². The van der Waals surface area contributed by atoms with Crippen molar-refractivity contribution in [3.8, 4) is 0 Å². The lowest BCUT2D eigenvalue weighted by molar-refractivity contribution is -0.384. The van der Waals surface area contributed by atoms with E-state index in [1.807, 2.05) is 0 Å². The molecule has 2 heterocycles. The zero-order valence-corrected chi connectivity index (χ0v) is 11.1. The summed E-state index contributed by atoms with van der Waals surface area (Å²) in [5, 5.41) is 14.1. The number of nitrogens with zero attached hydrogens (tertiary/aromatic N) is 2. The predicted molar refractivity (Wildman–Crippen MR) is 74.3 cm³/mol. The molecule has 19 heavy (non-hydrogen) atoms. The number of fused-ring (bicyclic) bond motifs is 2. The SMILES string of the molecule is CN1C2CCC1CC(Nc1ccc([N+](=O)[O-])cc1)C2. The molecule has 0 saturated carbocycles. The molecule has 0 spiro atoms. The molecule has 0 aliphatic carbocycles. The topological polar surface area (TPSA) is 58.4 Å². The number of nitro benzene ring substituents is 1. The van der Waals surface area contributed by atoms with Gasteiger partial charge in [-0.2, -0.15) is 0 Å². The molecule has 0 aromatic heterocycles. The minimum Gasteiger partial charge on any atom is -0.382 e. The molecular weight excluding hydrogens is 242 g/mol. The Hall–Kier alpha value is -1.62. The summed E-state index contributed by atoms with van der Waals surface area (Å²) in [5.74, 6) is 0. The van der Waals surface area contributed by atoms with Crippen LogP contribution in [0.4, 0.5) is 11.4 Å². The number of hydrogen-bond donors (Lipinski definition) is 1. The Kier molecular flexibility index (Phi) is 3.14. The molecular formula is C14H19N3O2. The van der Waals surface area contributed by atoms with Gasteiger partial charge >= 0.3 is 0 Å². The molecule has 2 aliphatic rings. The van der Waals surface area contributed by atoms with Crippen molar-refractivity contribution in [2.24, 2.45) is 0 Å². The van der Waals surface area contributed by atoms with Crippen molar-refractivity contribution in [2.45, 2.75) is 43.8 Å². The van der Waals surface area contributed by atoms with Crippen molar-refractivity contribution < 1.29 is 4.92 Å². The molecule has 0 amide bonds. The number of rotatable bonds is 3. The van der Waals surface area contributed by atoms with Gasteiger partial charge in [-0.05, 0) is 44.9 Å². The summed E-state index contributed by atoms with van der Waals surface area (Å²) >= 11 is 0. The van der Waals surface area contributed by atoms with Gasteiger partial charge in [-0.25, -0.2) is 0 Å². The van der Waals surface area contributed by atoms with E-state index in [1.54, 1.807) is 24.3 Å². The maximum absolute atomic E-state index is 10.6. The van der Waals surface area contributed by atoms with Gasteiger partial charge in [-0.15, -0.1) is 0 Å². The second-order valence-electron chi connectivity index (χ2n) is 5.67. The Morgan fingerprint density at radius 3 is 2.32 bits per heavy atom. The van der Waals surface area contributed by atoms with Gasteiger partial charge in [-0.3, -0.25) is 10.1 Å². The lowest BCUT2D eigenvalue weighted by atomic mass is 9.98. The Morgan fingerprint density at radius 1 is 1.21 bits per heavy atom. The molecule has 0 radical (unpaired) electrons. The van der Waals surface area contributed by atoms with Gasteiger partial charge in [0.15, 0.2) is 0 Å². The largest absolute Gasteiger partial charge is 0.382 e. The van der Waals surface area contributed by atoms with Crippen LogP contribution in [0.5, 0.6) is 0 Å². The first kappa shape index (κ1) is 12.4. The second-order valence-corrected chi connectivity index (χ2v) is 5.67. The van der Waals surface area contributed by atoms with Crippen molar-refractivity contribution in [3.63, 3.8) is 0 Å². The fourth-order valence-corrected chi connectivity index (χ4v) is 3.44. The van der Waals surface area contributed by atoms with E-state index in [4.69, 9.17) is 0 Å². The number of non-ortho nitro benzene ring substituents is 1. The molecule has 5 nitrogen and oxygen atoms in total. The highest BCUT2D eigenvalue weighted by atomic mass is 16.6. The lowest BCUT2D eigenvalue weighted by Gasteiger charge is -2.37. The number of hydrogen-bond acceptors (Lipinski definition) is 4. The zero-order chi connectivity index (χ0) is 13.4. The van der Waals surface area contributed by atoms with Crippen LogP contribution in [-0.4, -0.2) is 35.0 Å². The summed E-state index contributed by atoms with van der Waals surface area (Å²) in [6.45, 7) is 0. The van der Waals surface area contributed by atoms with Crippen molar-refractivity contribution >= 4 is 11.4 Å². The molecule has 2 aliphatic heterocycles. The van der Waals surface area contributed by atoms with Gasteiger partial charge in [-0.1, -0.05) is 0 Å². The average Bonchev–Trinajstić information content (AvgIpc) is 2.63. The van der Waals surface area contributed by atoms with E-state index in [9.17, 15) is 10.1 Å².